The van der Waals surface area contributed by atoms with Crippen molar-refractivity contribution < 1.29 is 9.72 Å². The number of nitro groups is 1. The molecule has 1 amide bonds. The number of carbonyl (C=O) groups excluding carboxylic acids is 1. The molecule has 132 valence electrons. The van der Waals surface area contributed by atoms with Crippen LogP contribution < -0.4 is 10.6 Å². The van der Waals surface area contributed by atoms with Crippen LogP contribution in [0.1, 0.15) is 32.1 Å². The molecule has 24 heavy (non-hydrogen) atoms. The van der Waals surface area contributed by atoms with Gasteiger partial charge in [-0.2, -0.15) is 0 Å². The predicted molar refractivity (Wildman–Crippen MR) is 102 cm³/mol. The van der Waals surface area contributed by atoms with E-state index in [0.29, 0.717) is 19.5 Å². The van der Waals surface area contributed by atoms with Gasteiger partial charge in [-0.25, -0.2) is 0 Å². The van der Waals surface area contributed by atoms with Crippen molar-refractivity contribution in [3.63, 3.8) is 0 Å². The minimum atomic E-state index is -0.422. The number of unbranched alkanes of at least 4 members (excludes halogenated alkanes) is 1. The molecule has 0 spiro atoms. The molecule has 0 aliphatic carbocycles. The Kier molecular flexibility index (Phi) is 8.24. The van der Waals surface area contributed by atoms with Crippen LogP contribution >= 0.6 is 21.6 Å². The minimum absolute atomic E-state index is 0.0726. The Morgan fingerprint density at radius 3 is 2.71 bits per heavy atom. The fraction of sp³-hybridized carbons (Fsp3) is 0.562. The smallest absolute Gasteiger partial charge is 0.269 e. The van der Waals surface area contributed by atoms with Gasteiger partial charge in [0.2, 0.25) is 5.91 Å². The summed E-state index contributed by atoms with van der Waals surface area (Å²) in [5.41, 5.74) is 0.880. The first kappa shape index (κ1) is 18.9. The summed E-state index contributed by atoms with van der Waals surface area (Å²) in [7, 11) is 3.95. The van der Waals surface area contributed by atoms with Gasteiger partial charge in [-0.15, -0.1) is 0 Å². The number of nitrogens with zero attached hydrogens (tertiary/aromatic N) is 1. The molecule has 1 aromatic rings. The summed E-state index contributed by atoms with van der Waals surface area (Å²) < 4.78 is 0. The molecule has 1 atom stereocenters. The average molecular weight is 370 g/mol. The third kappa shape index (κ3) is 7.00. The molecule has 0 radical (unpaired) electrons. The van der Waals surface area contributed by atoms with Crippen LogP contribution in [0.3, 0.4) is 0 Å². The maximum absolute atomic E-state index is 11.7. The maximum atomic E-state index is 11.7. The van der Waals surface area contributed by atoms with E-state index >= 15 is 0 Å². The van der Waals surface area contributed by atoms with Gasteiger partial charge in [-0.1, -0.05) is 28.0 Å². The van der Waals surface area contributed by atoms with Gasteiger partial charge in [0.1, 0.15) is 0 Å². The van der Waals surface area contributed by atoms with E-state index in [2.05, 4.69) is 10.6 Å². The van der Waals surface area contributed by atoms with Crippen LogP contribution in [0.2, 0.25) is 0 Å². The van der Waals surface area contributed by atoms with Crippen molar-refractivity contribution in [2.75, 3.05) is 24.2 Å². The van der Waals surface area contributed by atoms with E-state index in [1.807, 2.05) is 21.6 Å². The van der Waals surface area contributed by atoms with Crippen molar-refractivity contribution in [1.82, 2.24) is 5.32 Å². The van der Waals surface area contributed by atoms with E-state index < -0.39 is 4.92 Å². The van der Waals surface area contributed by atoms with Crippen molar-refractivity contribution >= 4 is 38.9 Å². The molecule has 2 N–H and O–H groups in total. The van der Waals surface area contributed by atoms with Crippen LogP contribution in [0, 0.1) is 10.1 Å². The van der Waals surface area contributed by atoms with Crippen LogP contribution in [0.4, 0.5) is 11.4 Å². The molecular weight excluding hydrogens is 346 g/mol. The van der Waals surface area contributed by atoms with E-state index in [9.17, 15) is 14.9 Å². The number of hydrogen-bond acceptors (Lipinski definition) is 6. The topological polar surface area (TPSA) is 84.3 Å². The van der Waals surface area contributed by atoms with Crippen molar-refractivity contribution in [3.8, 4) is 0 Å². The van der Waals surface area contributed by atoms with Gasteiger partial charge >= 0.3 is 0 Å². The standard InChI is InChI=1S/C16H23N3O3S2/c20-16(4-2-1-3-15-9-12-23-24-15)18-11-10-17-13-5-7-14(8-6-13)19(21)22/h5-8,15,17H,1-4,9-12H2,(H,18,20)/t15-/m0/s1. The molecule has 1 heterocycles. The summed E-state index contributed by atoms with van der Waals surface area (Å²) in [6, 6.07) is 6.25. The molecule has 1 aliphatic rings. The van der Waals surface area contributed by atoms with E-state index in [0.717, 1.165) is 23.8 Å². The van der Waals surface area contributed by atoms with E-state index in [1.54, 1.807) is 12.1 Å². The quantitative estimate of drug-likeness (QED) is 0.282. The fourth-order valence-corrected chi connectivity index (χ4v) is 5.45. The van der Waals surface area contributed by atoms with Gasteiger partial charge in [0, 0.05) is 48.3 Å². The Labute approximate surface area is 150 Å². The molecule has 1 fully saturated rings. The van der Waals surface area contributed by atoms with Gasteiger partial charge in [0.05, 0.1) is 4.92 Å². The van der Waals surface area contributed by atoms with E-state index in [1.165, 1.54) is 30.7 Å². The van der Waals surface area contributed by atoms with Gasteiger partial charge in [0.25, 0.3) is 5.69 Å². The third-order valence-electron chi connectivity index (χ3n) is 3.76. The van der Waals surface area contributed by atoms with Gasteiger partial charge < -0.3 is 10.6 Å². The lowest BCUT2D eigenvalue weighted by molar-refractivity contribution is -0.384. The zero-order valence-electron chi connectivity index (χ0n) is 13.5. The Hall–Kier alpha value is -1.41. The zero-order chi connectivity index (χ0) is 17.2. The van der Waals surface area contributed by atoms with Gasteiger partial charge in [0.15, 0.2) is 0 Å². The van der Waals surface area contributed by atoms with Crippen molar-refractivity contribution in [1.29, 1.82) is 0 Å². The highest BCUT2D eigenvalue weighted by Crippen LogP contribution is 2.39. The molecular formula is C16H23N3O3S2. The molecule has 8 heteroatoms. The summed E-state index contributed by atoms with van der Waals surface area (Å²) in [6.07, 6.45) is 5.17. The molecule has 0 aromatic heterocycles. The Bertz CT molecular complexity index is 534. The first-order valence-corrected chi connectivity index (χ1v) is 10.6. The number of anilines is 1. The van der Waals surface area contributed by atoms with Crippen molar-refractivity contribution in [2.24, 2.45) is 0 Å². The highest BCUT2D eigenvalue weighted by Gasteiger charge is 2.15. The Morgan fingerprint density at radius 1 is 1.25 bits per heavy atom. The first-order chi connectivity index (χ1) is 11.6. The highest BCUT2D eigenvalue weighted by molar-refractivity contribution is 8.77. The van der Waals surface area contributed by atoms with Crippen molar-refractivity contribution in [2.45, 2.75) is 37.4 Å². The summed E-state index contributed by atoms with van der Waals surface area (Å²) in [6.45, 7) is 1.14. The lowest BCUT2D eigenvalue weighted by Gasteiger charge is -2.09. The van der Waals surface area contributed by atoms with Crippen LogP contribution in [0.25, 0.3) is 0 Å². The van der Waals surface area contributed by atoms with Crippen LogP contribution in [-0.4, -0.2) is 34.9 Å². The number of non-ortho nitro benzene ring substituents is 1. The number of carbonyl (C=O) groups is 1. The second-order valence-electron chi connectivity index (χ2n) is 5.66. The third-order valence-corrected chi connectivity index (χ3v) is 6.77. The minimum Gasteiger partial charge on any atom is -0.383 e. The second kappa shape index (κ2) is 10.5. The number of benzene rings is 1. The largest absolute Gasteiger partial charge is 0.383 e. The summed E-state index contributed by atoms with van der Waals surface area (Å²) in [4.78, 5) is 21.9. The lowest BCUT2D eigenvalue weighted by atomic mass is 10.1. The SMILES string of the molecule is O=C(CCCC[C@H]1CCSS1)NCCNc1ccc([N+](=O)[O-])cc1. The molecule has 0 unspecified atom stereocenters. The average Bonchev–Trinajstić information content (AvgIpc) is 3.09. The van der Waals surface area contributed by atoms with E-state index in [-0.39, 0.29) is 11.6 Å². The molecule has 2 rings (SSSR count). The molecule has 0 saturated carbocycles. The fourth-order valence-electron chi connectivity index (χ4n) is 2.42. The Morgan fingerprint density at radius 2 is 2.04 bits per heavy atom. The first-order valence-electron chi connectivity index (χ1n) is 8.18. The summed E-state index contributed by atoms with van der Waals surface area (Å²) in [5.74, 6) is 1.35. The number of amides is 1. The predicted octanol–water partition coefficient (Wildman–Crippen LogP) is 3.84. The van der Waals surface area contributed by atoms with Crippen LogP contribution in [-0.2, 0) is 4.79 Å². The number of nitro benzene ring substituents is 1. The van der Waals surface area contributed by atoms with Crippen LogP contribution in [0.5, 0.6) is 0 Å². The molecule has 1 saturated heterocycles. The summed E-state index contributed by atoms with van der Waals surface area (Å²) >= 11 is 0. The molecule has 1 aromatic carbocycles. The maximum Gasteiger partial charge on any atom is 0.269 e. The Balaban J connectivity index is 1.50. The molecule has 6 nitrogen and oxygen atoms in total. The van der Waals surface area contributed by atoms with Gasteiger partial charge in [-0.05, 0) is 31.4 Å². The zero-order valence-corrected chi connectivity index (χ0v) is 15.2. The molecule has 0 bridgehead atoms. The van der Waals surface area contributed by atoms with E-state index in [4.69, 9.17) is 0 Å². The highest BCUT2D eigenvalue weighted by atomic mass is 33.1. The lowest BCUT2D eigenvalue weighted by Crippen LogP contribution is -2.28. The second-order valence-corrected chi connectivity index (χ2v) is 8.44. The summed E-state index contributed by atoms with van der Waals surface area (Å²) in [5, 5.41) is 17.4. The number of rotatable bonds is 10. The number of nitrogens with one attached hydrogen (secondary N) is 2. The van der Waals surface area contributed by atoms with Crippen molar-refractivity contribution in [3.05, 3.63) is 34.4 Å². The van der Waals surface area contributed by atoms with Crippen LogP contribution in [0.15, 0.2) is 24.3 Å². The molecule has 1 aliphatic heterocycles. The normalized spacial score (nSPS) is 16.8. The monoisotopic (exact) mass is 369 g/mol. The number of hydrogen-bond donors (Lipinski definition) is 2. The van der Waals surface area contributed by atoms with Gasteiger partial charge in [-0.3, -0.25) is 14.9 Å².